The minimum atomic E-state index is -1.22. The Morgan fingerprint density at radius 3 is 1.83 bits per heavy atom. The van der Waals surface area contributed by atoms with Gasteiger partial charge in [-0.1, -0.05) is 39.3 Å². The summed E-state index contributed by atoms with van der Waals surface area (Å²) in [7, 11) is -2.79. The lowest BCUT2D eigenvalue weighted by Crippen LogP contribution is -2.59. The van der Waals surface area contributed by atoms with Crippen LogP contribution in [0.3, 0.4) is 0 Å². The van der Waals surface area contributed by atoms with Crippen LogP contribution in [0.2, 0.25) is 45.3 Å². The van der Waals surface area contributed by atoms with Crippen LogP contribution in [0, 0.1) is 0 Å². The Morgan fingerprint density at radius 1 is 0.870 bits per heavy atom. The second kappa shape index (κ2) is 11.9. The maximum absolute atomic E-state index is 5.84. The van der Waals surface area contributed by atoms with Crippen LogP contribution in [0.4, 0.5) is 0 Å². The lowest BCUT2D eigenvalue weighted by molar-refractivity contribution is -0.0830. The zero-order chi connectivity index (χ0) is 17.9. The van der Waals surface area contributed by atoms with Crippen molar-refractivity contribution in [2.75, 3.05) is 33.0 Å². The lowest BCUT2D eigenvalue weighted by atomic mass is 10.5. The van der Waals surface area contributed by atoms with Crippen molar-refractivity contribution in [3.05, 3.63) is 0 Å². The van der Waals surface area contributed by atoms with Crippen LogP contribution in [-0.4, -0.2) is 69.1 Å². The van der Waals surface area contributed by atoms with Crippen LogP contribution >= 0.6 is 0 Å². The standard InChI is InChI=1S/C16H41NO3Si3/c1-9-19-16(20-10-2)21-15-14-18-13-11-12-17(22(3,4)5)23(6,7)8/h16H,9-15,21H2,1-8H3. The van der Waals surface area contributed by atoms with Gasteiger partial charge in [0.1, 0.15) is 22.4 Å². The SMILES string of the molecule is CCOC(OCC)[SiH2]CCOCCCN([Si](C)(C)C)[Si](C)(C)C. The highest BCUT2D eigenvalue weighted by Gasteiger charge is 2.33. The summed E-state index contributed by atoms with van der Waals surface area (Å²) in [5.41, 5.74) is 0. The van der Waals surface area contributed by atoms with Gasteiger partial charge in [-0.15, -0.1) is 0 Å². The summed E-state index contributed by atoms with van der Waals surface area (Å²) in [5, 5.41) is 0. The van der Waals surface area contributed by atoms with Gasteiger partial charge in [0.05, 0.1) is 9.52 Å². The fraction of sp³-hybridized carbons (Fsp3) is 1.00. The molecule has 0 amide bonds. The third-order valence-corrected chi connectivity index (χ3v) is 13.1. The molecule has 0 atom stereocenters. The molecule has 0 unspecified atom stereocenters. The van der Waals surface area contributed by atoms with Crippen LogP contribution in [0.15, 0.2) is 0 Å². The van der Waals surface area contributed by atoms with E-state index >= 15 is 0 Å². The van der Waals surface area contributed by atoms with E-state index in [-0.39, 0.29) is 15.4 Å². The molecule has 0 aliphatic rings. The Kier molecular flexibility index (Phi) is 12.2. The first-order valence-electron chi connectivity index (χ1n) is 9.21. The second-order valence-corrected chi connectivity index (χ2v) is 20.1. The summed E-state index contributed by atoms with van der Waals surface area (Å²) in [4.78, 5) is 0. The largest absolute Gasteiger partial charge is 0.382 e. The maximum atomic E-state index is 5.84. The number of hydrogen-bond donors (Lipinski definition) is 0. The first kappa shape index (κ1) is 23.5. The number of rotatable bonds is 14. The third-order valence-electron chi connectivity index (χ3n) is 3.72. The maximum Gasteiger partial charge on any atom is 0.134 e. The van der Waals surface area contributed by atoms with Crippen molar-refractivity contribution in [3.63, 3.8) is 0 Å². The molecule has 23 heavy (non-hydrogen) atoms. The fourth-order valence-electron chi connectivity index (χ4n) is 3.04. The summed E-state index contributed by atoms with van der Waals surface area (Å²) in [6.45, 7) is 23.2. The first-order valence-corrected chi connectivity index (χ1v) is 17.9. The number of ether oxygens (including phenoxy) is 3. The fourth-order valence-corrected chi connectivity index (χ4v) is 14.3. The van der Waals surface area contributed by atoms with E-state index in [4.69, 9.17) is 14.2 Å². The summed E-state index contributed by atoms with van der Waals surface area (Å²) >= 11 is 0. The number of nitrogens with zero attached hydrogens (tertiary/aromatic N) is 1. The summed E-state index contributed by atoms with van der Waals surface area (Å²) in [6, 6.07) is 1.14. The average Bonchev–Trinajstić information content (AvgIpc) is 2.39. The molecular weight excluding hydrogens is 338 g/mol. The molecule has 140 valence electrons. The number of hydrogen-bond acceptors (Lipinski definition) is 4. The van der Waals surface area contributed by atoms with E-state index in [9.17, 15) is 0 Å². The van der Waals surface area contributed by atoms with E-state index in [0.29, 0.717) is 0 Å². The monoisotopic (exact) mass is 379 g/mol. The van der Waals surface area contributed by atoms with Crippen molar-refractivity contribution < 1.29 is 14.2 Å². The highest BCUT2D eigenvalue weighted by atomic mass is 28.4. The predicted molar refractivity (Wildman–Crippen MR) is 109 cm³/mol. The lowest BCUT2D eigenvalue weighted by Gasteiger charge is -2.43. The molecule has 0 aromatic rings. The van der Waals surface area contributed by atoms with E-state index in [1.165, 1.54) is 6.54 Å². The van der Waals surface area contributed by atoms with Gasteiger partial charge in [0.25, 0.3) is 0 Å². The van der Waals surface area contributed by atoms with Crippen molar-refractivity contribution in [2.24, 2.45) is 0 Å². The zero-order valence-corrected chi connectivity index (χ0v) is 20.3. The van der Waals surface area contributed by atoms with Gasteiger partial charge in [-0.3, -0.25) is 0 Å². The van der Waals surface area contributed by atoms with Crippen molar-refractivity contribution in [3.8, 4) is 0 Å². The third kappa shape index (κ3) is 11.6. The predicted octanol–water partition coefficient (Wildman–Crippen LogP) is 3.31. The molecule has 0 rings (SSSR count). The van der Waals surface area contributed by atoms with Crippen LogP contribution < -0.4 is 0 Å². The Balaban J connectivity index is 3.87. The Hall–Kier alpha value is 0.491. The van der Waals surface area contributed by atoms with Gasteiger partial charge < -0.3 is 18.4 Å². The molecule has 0 aliphatic heterocycles. The van der Waals surface area contributed by atoms with Gasteiger partial charge in [-0.05, 0) is 32.9 Å². The Morgan fingerprint density at radius 2 is 1.39 bits per heavy atom. The smallest absolute Gasteiger partial charge is 0.134 e. The van der Waals surface area contributed by atoms with Crippen LogP contribution in [-0.2, 0) is 14.2 Å². The molecule has 0 saturated heterocycles. The normalized spacial score (nSPS) is 13.8. The van der Waals surface area contributed by atoms with E-state index in [1.807, 2.05) is 13.8 Å². The molecule has 0 bridgehead atoms. The molecule has 0 fully saturated rings. The van der Waals surface area contributed by atoms with Crippen LogP contribution in [0.5, 0.6) is 0 Å². The molecule has 0 aromatic heterocycles. The minimum absolute atomic E-state index is 0.0721. The minimum Gasteiger partial charge on any atom is -0.382 e. The molecule has 0 spiro atoms. The first-order chi connectivity index (χ1) is 10.6. The van der Waals surface area contributed by atoms with Gasteiger partial charge in [0.2, 0.25) is 0 Å². The van der Waals surface area contributed by atoms with Crippen molar-refractivity contribution in [2.45, 2.75) is 71.5 Å². The molecule has 0 aromatic carbocycles. The van der Waals surface area contributed by atoms with Gasteiger partial charge in [0.15, 0.2) is 0 Å². The molecule has 0 saturated carbocycles. The molecule has 0 radical (unpaired) electrons. The van der Waals surface area contributed by atoms with Gasteiger partial charge in [-0.25, -0.2) is 0 Å². The summed E-state index contributed by atoms with van der Waals surface area (Å²) in [5.74, 6) is 0.0721. The van der Waals surface area contributed by atoms with Gasteiger partial charge >= 0.3 is 0 Å². The molecular formula is C16H41NO3Si3. The van der Waals surface area contributed by atoms with E-state index in [0.717, 1.165) is 38.9 Å². The van der Waals surface area contributed by atoms with Crippen LogP contribution in [0.1, 0.15) is 20.3 Å². The van der Waals surface area contributed by atoms with Crippen molar-refractivity contribution in [1.29, 1.82) is 0 Å². The van der Waals surface area contributed by atoms with Crippen molar-refractivity contribution >= 4 is 26.0 Å². The quantitative estimate of drug-likeness (QED) is 0.263. The highest BCUT2D eigenvalue weighted by Crippen LogP contribution is 2.19. The Bertz CT molecular complexity index is 273. The van der Waals surface area contributed by atoms with Gasteiger partial charge in [0, 0.05) is 26.4 Å². The molecule has 0 N–H and O–H groups in total. The van der Waals surface area contributed by atoms with E-state index in [1.54, 1.807) is 0 Å². The molecule has 7 heteroatoms. The zero-order valence-electron chi connectivity index (χ0n) is 16.9. The molecule has 0 heterocycles. The molecule has 0 aliphatic carbocycles. The van der Waals surface area contributed by atoms with Gasteiger partial charge in [-0.2, -0.15) is 0 Å². The molecule has 4 nitrogen and oxygen atoms in total. The Labute approximate surface area is 149 Å². The summed E-state index contributed by atoms with van der Waals surface area (Å²) < 4.78 is 19.9. The van der Waals surface area contributed by atoms with Crippen molar-refractivity contribution in [1.82, 2.24) is 4.23 Å². The summed E-state index contributed by atoms with van der Waals surface area (Å²) in [6.07, 6.45) is 1.15. The second-order valence-electron chi connectivity index (χ2n) is 7.94. The highest BCUT2D eigenvalue weighted by molar-refractivity contribution is 6.89. The van der Waals surface area contributed by atoms with Crippen LogP contribution in [0.25, 0.3) is 0 Å². The average molecular weight is 380 g/mol. The topological polar surface area (TPSA) is 30.9 Å². The van der Waals surface area contributed by atoms with E-state index < -0.39 is 16.5 Å². The van der Waals surface area contributed by atoms with E-state index in [2.05, 4.69) is 43.5 Å².